The highest BCUT2D eigenvalue weighted by molar-refractivity contribution is 7.17. The molecule has 1 aromatic carbocycles. The maximum absolute atomic E-state index is 12.7. The van der Waals surface area contributed by atoms with Crippen molar-refractivity contribution in [2.45, 2.75) is 25.4 Å². The molecule has 1 aliphatic rings. The van der Waals surface area contributed by atoms with Crippen LogP contribution in [0.15, 0.2) is 18.2 Å². The molecule has 0 atom stereocenters. The van der Waals surface area contributed by atoms with Crippen molar-refractivity contribution in [1.29, 1.82) is 0 Å². The fraction of sp³-hybridized carbons (Fsp3) is 0.316. The highest BCUT2D eigenvalue weighted by Gasteiger charge is 2.33. The zero-order valence-corrected chi connectivity index (χ0v) is 17.6. The summed E-state index contributed by atoms with van der Waals surface area (Å²) in [7, 11) is 0. The van der Waals surface area contributed by atoms with Crippen LogP contribution in [0, 0.1) is 10.1 Å². The van der Waals surface area contributed by atoms with E-state index in [1.54, 1.807) is 0 Å². The van der Waals surface area contributed by atoms with Crippen molar-refractivity contribution in [3.05, 3.63) is 49.9 Å². The van der Waals surface area contributed by atoms with Gasteiger partial charge in [0.2, 0.25) is 0 Å². The summed E-state index contributed by atoms with van der Waals surface area (Å²) >= 11 is 1.22. The molecule has 0 aliphatic heterocycles. The van der Waals surface area contributed by atoms with Crippen molar-refractivity contribution in [3.8, 4) is 0 Å². The molecule has 1 aromatic heterocycles. The number of thiophene rings is 1. The molecule has 2 aromatic rings. The number of alkyl halides is 3. The molecule has 176 valence electrons. The van der Waals surface area contributed by atoms with Crippen molar-refractivity contribution in [3.63, 3.8) is 0 Å². The molecule has 0 radical (unpaired) electrons. The van der Waals surface area contributed by atoms with Gasteiger partial charge >= 0.3 is 12.1 Å². The van der Waals surface area contributed by atoms with Crippen LogP contribution in [0.3, 0.4) is 0 Å². The number of nitrogens with two attached hydrogens (primary N) is 1. The van der Waals surface area contributed by atoms with Gasteiger partial charge in [-0.05, 0) is 37.0 Å². The normalized spacial score (nSPS) is 12.7. The van der Waals surface area contributed by atoms with Crippen LogP contribution in [0.1, 0.15) is 32.8 Å². The number of nitro groups is 1. The van der Waals surface area contributed by atoms with Crippen molar-refractivity contribution >= 4 is 45.5 Å². The molecule has 0 saturated carbocycles. The Morgan fingerprint density at radius 2 is 1.97 bits per heavy atom. The number of anilines is 2. The summed E-state index contributed by atoms with van der Waals surface area (Å²) in [4.78, 5) is 46.7. The number of halogens is 3. The van der Waals surface area contributed by atoms with Crippen molar-refractivity contribution in [2.24, 2.45) is 5.73 Å². The highest BCUT2D eigenvalue weighted by Crippen LogP contribution is 2.39. The fourth-order valence-corrected chi connectivity index (χ4v) is 4.60. The third kappa shape index (κ3) is 5.58. The van der Waals surface area contributed by atoms with E-state index in [0.717, 1.165) is 29.3 Å². The maximum atomic E-state index is 12.7. The molecule has 0 unspecified atom stereocenters. The Morgan fingerprint density at radius 3 is 2.61 bits per heavy atom. The number of rotatable bonds is 8. The van der Waals surface area contributed by atoms with E-state index in [-0.39, 0.29) is 16.3 Å². The summed E-state index contributed by atoms with van der Waals surface area (Å²) in [6, 6.07) is 1.79. The van der Waals surface area contributed by atoms with Crippen LogP contribution in [-0.4, -0.2) is 35.9 Å². The van der Waals surface area contributed by atoms with Gasteiger partial charge in [-0.2, -0.15) is 13.2 Å². The van der Waals surface area contributed by atoms with Crippen molar-refractivity contribution < 1.29 is 37.2 Å². The lowest BCUT2D eigenvalue weighted by Gasteiger charge is -2.11. The second-order valence-electron chi connectivity index (χ2n) is 6.97. The predicted molar refractivity (Wildman–Crippen MR) is 111 cm³/mol. The molecule has 1 heterocycles. The van der Waals surface area contributed by atoms with Crippen LogP contribution in [0.4, 0.5) is 29.5 Å². The van der Waals surface area contributed by atoms with Gasteiger partial charge in [-0.1, -0.05) is 0 Å². The van der Waals surface area contributed by atoms with E-state index < -0.39 is 53.3 Å². The van der Waals surface area contributed by atoms with E-state index in [2.05, 4.69) is 10.6 Å². The molecule has 0 bridgehead atoms. The van der Waals surface area contributed by atoms with E-state index in [1.807, 2.05) is 0 Å². The van der Waals surface area contributed by atoms with Crippen molar-refractivity contribution in [2.75, 3.05) is 23.8 Å². The number of primary amides is 1. The van der Waals surface area contributed by atoms with Gasteiger partial charge in [0.25, 0.3) is 17.5 Å². The Balaban J connectivity index is 1.56. The zero-order chi connectivity index (χ0) is 24.3. The summed E-state index contributed by atoms with van der Waals surface area (Å²) in [6.07, 6.45) is -2.44. The largest absolute Gasteiger partial charge is 0.454 e. The average molecular weight is 486 g/mol. The molecule has 0 saturated heterocycles. The molecule has 2 amide bonds. The van der Waals surface area contributed by atoms with Crippen LogP contribution in [-0.2, 0) is 33.3 Å². The minimum absolute atomic E-state index is 0.239. The van der Waals surface area contributed by atoms with Gasteiger partial charge < -0.3 is 21.1 Å². The minimum atomic E-state index is -4.77. The van der Waals surface area contributed by atoms with Crippen molar-refractivity contribution in [1.82, 2.24) is 0 Å². The molecule has 14 heteroatoms. The second kappa shape index (κ2) is 9.44. The number of carbonyl (C=O) groups is 3. The number of nitrogens with one attached hydrogen (secondary N) is 2. The third-order valence-corrected chi connectivity index (χ3v) is 5.94. The van der Waals surface area contributed by atoms with Gasteiger partial charge in [-0.25, -0.2) is 0 Å². The average Bonchev–Trinajstić information content (AvgIpc) is 3.30. The molecule has 33 heavy (non-hydrogen) atoms. The number of hydrogen-bond donors (Lipinski definition) is 3. The smallest absolute Gasteiger partial charge is 0.416 e. The first kappa shape index (κ1) is 24.0. The number of hydrogen-bond acceptors (Lipinski definition) is 8. The fourth-order valence-electron chi connectivity index (χ4n) is 3.29. The number of esters is 1. The van der Waals surface area contributed by atoms with Crippen LogP contribution in [0.5, 0.6) is 0 Å². The number of nitrogens with zero attached hydrogens (tertiary/aromatic N) is 1. The Hall–Kier alpha value is -3.68. The second-order valence-corrected chi connectivity index (χ2v) is 8.08. The first-order valence-electron chi connectivity index (χ1n) is 9.46. The molecule has 3 rings (SSSR count). The first-order chi connectivity index (χ1) is 15.5. The number of fused-ring (bicyclic) bond motifs is 1. The number of benzene rings is 1. The standard InChI is InChI=1S/C19H17F3N4O6S/c20-19(21,22)9-4-5-11(12(6-9)26(30)31)24-7-15(28)32-8-14(27)25-18-16(17(23)29)10-2-1-3-13(10)33-18/h4-6,24H,1-3,7-8H2,(H2,23,29)(H,25,27). The third-order valence-electron chi connectivity index (χ3n) is 4.73. The Kier molecular flexibility index (Phi) is 6.86. The van der Waals surface area contributed by atoms with E-state index >= 15 is 0 Å². The molecule has 1 aliphatic carbocycles. The lowest BCUT2D eigenvalue weighted by molar-refractivity contribution is -0.384. The maximum Gasteiger partial charge on any atom is 0.416 e. The zero-order valence-electron chi connectivity index (χ0n) is 16.8. The van der Waals surface area contributed by atoms with Crippen LogP contribution in [0.2, 0.25) is 0 Å². The Bertz CT molecular complexity index is 1130. The van der Waals surface area contributed by atoms with Crippen LogP contribution in [0.25, 0.3) is 0 Å². The minimum Gasteiger partial charge on any atom is -0.454 e. The molecule has 0 spiro atoms. The van der Waals surface area contributed by atoms with Crippen LogP contribution < -0.4 is 16.4 Å². The summed E-state index contributed by atoms with van der Waals surface area (Å²) in [5, 5.41) is 16.1. The van der Waals surface area contributed by atoms with Crippen LogP contribution >= 0.6 is 11.3 Å². The first-order valence-corrected chi connectivity index (χ1v) is 10.3. The lowest BCUT2D eigenvalue weighted by atomic mass is 10.1. The Labute approximate surface area is 188 Å². The quantitative estimate of drug-likeness (QED) is 0.295. The number of carbonyl (C=O) groups excluding carboxylic acids is 3. The van der Waals surface area contributed by atoms with E-state index in [9.17, 15) is 37.7 Å². The van der Waals surface area contributed by atoms with Gasteiger partial charge in [-0.15, -0.1) is 11.3 Å². The van der Waals surface area contributed by atoms with E-state index in [4.69, 9.17) is 10.5 Å². The van der Waals surface area contributed by atoms with Gasteiger partial charge in [0.05, 0.1) is 16.1 Å². The molecular weight excluding hydrogens is 469 g/mol. The predicted octanol–water partition coefficient (Wildman–Crippen LogP) is 2.86. The van der Waals surface area contributed by atoms with Gasteiger partial charge in [0, 0.05) is 10.9 Å². The summed E-state index contributed by atoms with van der Waals surface area (Å²) < 4.78 is 43.0. The summed E-state index contributed by atoms with van der Waals surface area (Å²) in [5.74, 6) is -2.39. The topological polar surface area (TPSA) is 154 Å². The van der Waals surface area contributed by atoms with Gasteiger partial charge in [0.1, 0.15) is 17.2 Å². The SMILES string of the molecule is NC(=O)c1c(NC(=O)COC(=O)CNc2ccc(C(F)(F)F)cc2[N+](=O)[O-])sc2c1CCC2. The Morgan fingerprint density at radius 1 is 1.24 bits per heavy atom. The molecule has 4 N–H and O–H groups in total. The molecular formula is C19H17F3N4O6S. The number of ether oxygens (including phenoxy) is 1. The van der Waals surface area contributed by atoms with Gasteiger partial charge in [-0.3, -0.25) is 24.5 Å². The number of nitro benzene ring substituents is 1. The highest BCUT2D eigenvalue weighted by atomic mass is 32.1. The van der Waals surface area contributed by atoms with E-state index in [1.165, 1.54) is 11.3 Å². The summed E-state index contributed by atoms with van der Waals surface area (Å²) in [5.41, 5.74) is 4.04. The lowest BCUT2D eigenvalue weighted by Crippen LogP contribution is -2.25. The molecule has 10 nitrogen and oxygen atoms in total. The molecule has 0 fully saturated rings. The van der Waals surface area contributed by atoms with E-state index in [0.29, 0.717) is 18.6 Å². The summed E-state index contributed by atoms with van der Waals surface area (Å²) in [6.45, 7) is -1.35. The number of amides is 2. The number of aryl methyl sites for hydroxylation is 1. The van der Waals surface area contributed by atoms with Gasteiger partial charge in [0.15, 0.2) is 6.61 Å². The monoisotopic (exact) mass is 486 g/mol.